The minimum Gasteiger partial charge on any atom is -0.494 e. The van der Waals surface area contributed by atoms with Gasteiger partial charge in [-0.25, -0.2) is 0 Å². The van der Waals surface area contributed by atoms with Gasteiger partial charge < -0.3 is 19.5 Å². The number of non-ortho nitro benzene ring substituents is 1. The molecule has 0 unspecified atom stereocenters. The van der Waals surface area contributed by atoms with Crippen LogP contribution < -0.4 is 19.5 Å². The number of benzene rings is 3. The highest BCUT2D eigenvalue weighted by atomic mass is 79.9. The van der Waals surface area contributed by atoms with Crippen LogP contribution >= 0.6 is 15.9 Å². The van der Waals surface area contributed by atoms with Crippen molar-refractivity contribution in [3.8, 4) is 23.3 Å². The number of nitro groups is 1. The van der Waals surface area contributed by atoms with Crippen molar-refractivity contribution < 1.29 is 23.9 Å². The van der Waals surface area contributed by atoms with Crippen LogP contribution in [-0.2, 0) is 11.4 Å². The van der Waals surface area contributed by atoms with Gasteiger partial charge in [0.1, 0.15) is 24.0 Å². The number of nitro benzene ring substituents is 1. The molecule has 3 rings (SSSR count). The predicted octanol–water partition coefficient (Wildman–Crippen LogP) is 5.89. The molecule has 1 amide bonds. The summed E-state index contributed by atoms with van der Waals surface area (Å²) in [7, 11) is 1.46. The average molecular weight is 552 g/mol. The second-order valence-corrected chi connectivity index (χ2v) is 8.19. The molecular weight excluding hydrogens is 530 g/mol. The van der Waals surface area contributed by atoms with Crippen molar-refractivity contribution >= 4 is 39.3 Å². The molecule has 0 spiro atoms. The van der Waals surface area contributed by atoms with E-state index in [1.165, 1.54) is 25.3 Å². The lowest BCUT2D eigenvalue weighted by atomic mass is 10.1. The third kappa shape index (κ3) is 6.84. The van der Waals surface area contributed by atoms with Crippen molar-refractivity contribution in [1.82, 2.24) is 0 Å². The van der Waals surface area contributed by atoms with Crippen molar-refractivity contribution in [2.45, 2.75) is 13.5 Å². The summed E-state index contributed by atoms with van der Waals surface area (Å²) in [6.07, 6.45) is 1.43. The molecule has 0 aromatic heterocycles. The van der Waals surface area contributed by atoms with Gasteiger partial charge in [0.15, 0.2) is 11.5 Å². The van der Waals surface area contributed by atoms with Gasteiger partial charge in [-0.2, -0.15) is 5.26 Å². The summed E-state index contributed by atoms with van der Waals surface area (Å²) in [4.78, 5) is 23.2. The molecule has 0 aliphatic heterocycles. The number of ether oxygens (including phenoxy) is 3. The number of carbonyl (C=O) groups excluding carboxylic acids is 1. The summed E-state index contributed by atoms with van der Waals surface area (Å²) in [6.45, 7) is 2.48. The highest BCUT2D eigenvalue weighted by Gasteiger charge is 2.15. The van der Waals surface area contributed by atoms with Crippen LogP contribution in [0.3, 0.4) is 0 Å². The van der Waals surface area contributed by atoms with Crippen molar-refractivity contribution in [2.75, 3.05) is 19.0 Å². The molecule has 9 nitrogen and oxygen atoms in total. The maximum absolute atomic E-state index is 12.7. The number of nitrogens with one attached hydrogen (secondary N) is 1. The third-order valence-electron chi connectivity index (χ3n) is 4.86. The molecular formula is C26H22BrN3O6. The maximum atomic E-state index is 12.7. The van der Waals surface area contributed by atoms with Crippen LogP contribution in [0.15, 0.2) is 70.7 Å². The summed E-state index contributed by atoms with van der Waals surface area (Å²) in [5.41, 5.74) is 1.52. The van der Waals surface area contributed by atoms with E-state index >= 15 is 0 Å². The van der Waals surface area contributed by atoms with E-state index in [0.717, 1.165) is 0 Å². The van der Waals surface area contributed by atoms with Crippen molar-refractivity contribution in [2.24, 2.45) is 0 Å². The van der Waals surface area contributed by atoms with Gasteiger partial charge in [0.05, 0.1) is 23.1 Å². The van der Waals surface area contributed by atoms with Gasteiger partial charge in [-0.3, -0.25) is 14.9 Å². The summed E-state index contributed by atoms with van der Waals surface area (Å²) in [5.74, 6) is 0.836. The molecule has 0 heterocycles. The second kappa shape index (κ2) is 12.4. The number of carbonyl (C=O) groups is 1. The van der Waals surface area contributed by atoms with Crippen LogP contribution in [0.2, 0.25) is 0 Å². The van der Waals surface area contributed by atoms with Gasteiger partial charge >= 0.3 is 0 Å². The van der Waals surface area contributed by atoms with Gasteiger partial charge in [0, 0.05) is 17.8 Å². The molecule has 1 N–H and O–H groups in total. The molecule has 0 radical (unpaired) electrons. The molecule has 0 bridgehead atoms. The van der Waals surface area contributed by atoms with Crippen LogP contribution in [0, 0.1) is 21.4 Å². The lowest BCUT2D eigenvalue weighted by Gasteiger charge is -2.14. The number of anilines is 1. The number of hydrogen-bond donors (Lipinski definition) is 1. The fourth-order valence-electron chi connectivity index (χ4n) is 3.19. The normalized spacial score (nSPS) is 10.8. The first-order valence-corrected chi connectivity index (χ1v) is 11.5. The zero-order chi connectivity index (χ0) is 26.1. The Morgan fingerprint density at radius 3 is 2.56 bits per heavy atom. The Kier molecular flexibility index (Phi) is 9.02. The van der Waals surface area contributed by atoms with Crippen LogP contribution in [0.5, 0.6) is 17.2 Å². The first-order chi connectivity index (χ1) is 17.3. The van der Waals surface area contributed by atoms with Crippen molar-refractivity contribution in [3.63, 3.8) is 0 Å². The van der Waals surface area contributed by atoms with Gasteiger partial charge in [-0.15, -0.1) is 0 Å². The summed E-state index contributed by atoms with van der Waals surface area (Å²) >= 11 is 3.43. The SMILES string of the molecule is CCOc1ccc(NC(=O)/C(C#N)=C\c2cc(Br)c(OCc3cccc([N+](=O)[O-])c3)c(OC)c2)cc1. The predicted molar refractivity (Wildman–Crippen MR) is 138 cm³/mol. The fraction of sp³-hybridized carbons (Fsp3) is 0.154. The molecule has 184 valence electrons. The second-order valence-electron chi connectivity index (χ2n) is 7.33. The lowest BCUT2D eigenvalue weighted by molar-refractivity contribution is -0.384. The zero-order valence-corrected chi connectivity index (χ0v) is 21.1. The summed E-state index contributed by atoms with van der Waals surface area (Å²) in [5, 5.41) is 23.2. The monoisotopic (exact) mass is 551 g/mol. The van der Waals surface area contributed by atoms with Gasteiger partial charge in [0.2, 0.25) is 0 Å². The Bertz CT molecular complexity index is 1330. The van der Waals surface area contributed by atoms with Crippen molar-refractivity contribution in [3.05, 3.63) is 92.0 Å². The molecule has 0 aliphatic carbocycles. The number of hydrogen-bond acceptors (Lipinski definition) is 7. The number of methoxy groups -OCH3 is 1. The Morgan fingerprint density at radius 2 is 1.92 bits per heavy atom. The third-order valence-corrected chi connectivity index (χ3v) is 5.44. The molecule has 0 aliphatic rings. The fourth-order valence-corrected chi connectivity index (χ4v) is 3.77. The molecule has 36 heavy (non-hydrogen) atoms. The first kappa shape index (κ1) is 26.2. The Balaban J connectivity index is 1.78. The summed E-state index contributed by atoms with van der Waals surface area (Å²) in [6, 6.07) is 18.2. The van der Waals surface area contributed by atoms with Gasteiger partial charge in [0.25, 0.3) is 11.6 Å². The quantitative estimate of drug-likeness (QED) is 0.144. The number of halogens is 1. The number of nitrogens with zero attached hydrogens (tertiary/aromatic N) is 2. The van der Waals surface area contributed by atoms with Crippen LogP contribution in [0.25, 0.3) is 6.08 Å². The number of nitriles is 1. The van der Waals surface area contributed by atoms with E-state index in [1.54, 1.807) is 48.5 Å². The number of amides is 1. The average Bonchev–Trinajstić information content (AvgIpc) is 2.87. The maximum Gasteiger partial charge on any atom is 0.269 e. The van der Waals surface area contributed by atoms with E-state index in [2.05, 4.69) is 21.2 Å². The van der Waals surface area contributed by atoms with Crippen molar-refractivity contribution in [1.29, 1.82) is 5.26 Å². The first-order valence-electron chi connectivity index (χ1n) is 10.7. The van der Waals surface area contributed by atoms with Crippen LogP contribution in [0.1, 0.15) is 18.1 Å². The molecule has 0 fully saturated rings. The van der Waals surface area contributed by atoms with E-state index in [0.29, 0.717) is 45.1 Å². The Hall–Kier alpha value is -4.36. The van der Waals surface area contributed by atoms with E-state index in [-0.39, 0.29) is 17.9 Å². The minimum absolute atomic E-state index is 0.0323. The topological polar surface area (TPSA) is 124 Å². The molecule has 10 heteroatoms. The van der Waals surface area contributed by atoms with Gasteiger partial charge in [-0.1, -0.05) is 12.1 Å². The highest BCUT2D eigenvalue weighted by Crippen LogP contribution is 2.38. The molecule has 0 saturated carbocycles. The Morgan fingerprint density at radius 1 is 1.17 bits per heavy atom. The largest absolute Gasteiger partial charge is 0.494 e. The zero-order valence-electron chi connectivity index (χ0n) is 19.5. The number of rotatable bonds is 10. The molecule has 3 aromatic rings. The summed E-state index contributed by atoms with van der Waals surface area (Å²) < 4.78 is 17.2. The Labute approximate surface area is 216 Å². The van der Waals surface area contributed by atoms with Crippen LogP contribution in [-0.4, -0.2) is 24.5 Å². The van der Waals surface area contributed by atoms with E-state index < -0.39 is 10.8 Å². The molecule has 0 atom stereocenters. The van der Waals surface area contributed by atoms with E-state index in [4.69, 9.17) is 14.2 Å². The lowest BCUT2D eigenvalue weighted by Crippen LogP contribution is -2.13. The molecule has 0 saturated heterocycles. The van der Waals surface area contributed by atoms with E-state index in [9.17, 15) is 20.2 Å². The molecule has 3 aromatic carbocycles. The minimum atomic E-state index is -0.567. The smallest absolute Gasteiger partial charge is 0.269 e. The van der Waals surface area contributed by atoms with Gasteiger partial charge in [-0.05, 0) is 76.5 Å². The van der Waals surface area contributed by atoms with E-state index in [1.807, 2.05) is 13.0 Å². The van der Waals surface area contributed by atoms with Crippen LogP contribution in [0.4, 0.5) is 11.4 Å². The standard InChI is InChI=1S/C26H22BrN3O6/c1-3-35-22-9-7-20(8-10-22)29-26(31)19(15-28)11-18-13-23(27)25(24(14-18)34-2)36-16-17-5-4-6-21(12-17)30(32)33/h4-14H,3,16H2,1-2H3,(H,29,31)/b19-11-. The highest BCUT2D eigenvalue weighted by molar-refractivity contribution is 9.10.